The first-order valence-electron chi connectivity index (χ1n) is 18.1. The van der Waals surface area contributed by atoms with Crippen molar-refractivity contribution in [3.63, 3.8) is 0 Å². The van der Waals surface area contributed by atoms with Gasteiger partial charge in [0, 0.05) is 33.6 Å². The van der Waals surface area contributed by atoms with Crippen molar-refractivity contribution in [1.29, 1.82) is 0 Å². The van der Waals surface area contributed by atoms with Crippen molar-refractivity contribution in [3.05, 3.63) is 177 Å². The van der Waals surface area contributed by atoms with Crippen LogP contribution in [-0.4, -0.2) is 41.7 Å². The molecule has 274 valence electrons. The summed E-state index contributed by atoms with van der Waals surface area (Å²) in [6.45, 7) is 6.16. The third kappa shape index (κ3) is 6.35. The van der Waals surface area contributed by atoms with Gasteiger partial charge in [-0.2, -0.15) is 0 Å². The van der Waals surface area contributed by atoms with Gasteiger partial charge in [-0.25, -0.2) is 4.98 Å². The van der Waals surface area contributed by atoms with E-state index in [9.17, 15) is 4.79 Å². The van der Waals surface area contributed by atoms with E-state index in [2.05, 4.69) is 68.7 Å². The van der Waals surface area contributed by atoms with Crippen molar-refractivity contribution in [2.45, 2.75) is 45.3 Å². The number of tetrazole rings is 1. The van der Waals surface area contributed by atoms with Crippen LogP contribution in [0, 0.1) is 0 Å². The number of nitrogens with zero attached hydrogens (tertiary/aromatic N) is 6. The molecule has 0 fully saturated rings. The van der Waals surface area contributed by atoms with Crippen LogP contribution >= 0.6 is 27.5 Å². The maximum Gasteiger partial charge on any atom is 0.271 e. The van der Waals surface area contributed by atoms with Crippen molar-refractivity contribution in [1.82, 2.24) is 35.1 Å². The molecule has 1 aliphatic carbocycles. The highest BCUT2D eigenvalue weighted by molar-refractivity contribution is 9.10. The second-order valence-electron chi connectivity index (χ2n) is 13.5. The highest BCUT2D eigenvalue weighted by Gasteiger charge is 2.41. The molecule has 9 nitrogen and oxygen atoms in total. The van der Waals surface area contributed by atoms with Crippen LogP contribution in [0.2, 0.25) is 5.15 Å². The number of aryl methyl sites for hydroxylation is 1. The molecule has 0 spiro atoms. The zero-order valence-electron chi connectivity index (χ0n) is 30.4. The molecule has 2 aromatic heterocycles. The quantitative estimate of drug-likeness (QED) is 0.131. The van der Waals surface area contributed by atoms with E-state index in [1.165, 1.54) is 0 Å². The first kappa shape index (κ1) is 36.2. The van der Waals surface area contributed by atoms with Gasteiger partial charge in [0.05, 0.1) is 19.1 Å². The first-order chi connectivity index (χ1) is 26.8. The van der Waals surface area contributed by atoms with Gasteiger partial charge in [-0.3, -0.25) is 4.79 Å². The Balaban J connectivity index is 1.33. The minimum Gasteiger partial charge on any atom is -0.472 e. The molecule has 1 N–H and O–H groups in total. The molecule has 0 radical (unpaired) electrons. The van der Waals surface area contributed by atoms with Gasteiger partial charge in [-0.05, 0) is 74.4 Å². The molecule has 3 heterocycles. The Morgan fingerprint density at radius 3 is 1.98 bits per heavy atom. The molecule has 0 saturated heterocycles. The Labute approximate surface area is 332 Å². The number of hydrogen-bond acceptors (Lipinski definition) is 6. The SMILES string of the molecule is CCc1nc(Cl)c(C(=O)NC(C)C)n1Cc1c2ccocc-2c(Br)c1-c1ccccc1-c1nnn(C(c2ccccc2)(c2ccccc2)c2ccccc2)n1. The van der Waals surface area contributed by atoms with Gasteiger partial charge in [0.25, 0.3) is 5.91 Å². The molecule has 0 saturated carbocycles. The lowest BCUT2D eigenvalue weighted by Crippen LogP contribution is -2.39. The van der Waals surface area contributed by atoms with Crippen molar-refractivity contribution in [2.24, 2.45) is 0 Å². The Kier molecular flexibility index (Phi) is 9.94. The fourth-order valence-electron chi connectivity index (χ4n) is 7.50. The Bertz CT molecular complexity index is 2470. The molecular weight excluding hydrogens is 774 g/mol. The maximum atomic E-state index is 13.6. The Hall–Kier alpha value is -5.84. The molecule has 2 aliphatic rings. The topological polar surface area (TPSA) is 104 Å². The van der Waals surface area contributed by atoms with Crippen molar-refractivity contribution in [3.8, 4) is 33.6 Å². The molecule has 55 heavy (non-hydrogen) atoms. The number of rotatable bonds is 11. The predicted octanol–water partition coefficient (Wildman–Crippen LogP) is 9.91. The van der Waals surface area contributed by atoms with Crippen LogP contribution in [0.4, 0.5) is 0 Å². The van der Waals surface area contributed by atoms with Crippen molar-refractivity contribution >= 4 is 33.4 Å². The summed E-state index contributed by atoms with van der Waals surface area (Å²) >= 11 is 10.6. The normalized spacial score (nSPS) is 11.7. The third-order valence-electron chi connectivity index (χ3n) is 9.87. The van der Waals surface area contributed by atoms with Crippen LogP contribution in [0.3, 0.4) is 0 Å². The molecule has 8 rings (SSSR count). The van der Waals surface area contributed by atoms with Crippen LogP contribution in [0.5, 0.6) is 0 Å². The van der Waals surface area contributed by atoms with Crippen LogP contribution in [0.1, 0.15) is 59.3 Å². The molecule has 1 aliphatic heterocycles. The van der Waals surface area contributed by atoms with E-state index in [0.29, 0.717) is 30.3 Å². The van der Waals surface area contributed by atoms with Crippen LogP contribution < -0.4 is 5.32 Å². The number of carbonyl (C=O) groups excluding carboxylic acids is 1. The minimum atomic E-state index is -0.934. The standard InChI is InChI=1S/C44H37BrClN7O2/c1-4-37-48-41(46)40(43(54)47-28(2)3)52(37)26-35-32-24-25-55-27-36(32)39(45)38(35)33-22-14-15-23-34(33)42-49-51-53(50-42)44(29-16-8-5-9-17-29,30-18-10-6-11-19-30)31-20-12-7-13-21-31/h5-25,27-28H,4,26H2,1-3H3,(H,47,54). The highest BCUT2D eigenvalue weighted by atomic mass is 79.9. The lowest BCUT2D eigenvalue weighted by Gasteiger charge is -2.34. The summed E-state index contributed by atoms with van der Waals surface area (Å²) in [5, 5.41) is 18.0. The molecule has 0 bridgehead atoms. The lowest BCUT2D eigenvalue weighted by atomic mass is 9.77. The number of nitrogens with one attached hydrogen (secondary N) is 1. The zero-order chi connectivity index (χ0) is 38.1. The van der Waals surface area contributed by atoms with E-state index in [1.807, 2.05) is 104 Å². The van der Waals surface area contributed by atoms with Gasteiger partial charge in [-0.1, -0.05) is 134 Å². The molecule has 0 unspecified atom stereocenters. The van der Waals surface area contributed by atoms with Gasteiger partial charge in [-0.15, -0.1) is 15.0 Å². The smallest absolute Gasteiger partial charge is 0.271 e. The number of halogens is 2. The number of benzene rings is 4. The van der Waals surface area contributed by atoms with Gasteiger partial charge in [0.1, 0.15) is 11.5 Å². The summed E-state index contributed by atoms with van der Waals surface area (Å²) in [5.74, 6) is 0.874. The summed E-state index contributed by atoms with van der Waals surface area (Å²) in [7, 11) is 0. The summed E-state index contributed by atoms with van der Waals surface area (Å²) in [6.07, 6.45) is 3.96. The Morgan fingerprint density at radius 1 is 0.818 bits per heavy atom. The van der Waals surface area contributed by atoms with E-state index in [0.717, 1.165) is 54.5 Å². The molecular formula is C44H37BrClN7O2. The third-order valence-corrected chi connectivity index (χ3v) is 11.0. The Morgan fingerprint density at radius 2 is 1.40 bits per heavy atom. The number of carbonyl (C=O) groups is 1. The van der Waals surface area contributed by atoms with E-state index in [-0.39, 0.29) is 17.1 Å². The van der Waals surface area contributed by atoms with Gasteiger partial charge >= 0.3 is 0 Å². The van der Waals surface area contributed by atoms with Gasteiger partial charge in [0.15, 0.2) is 10.7 Å². The van der Waals surface area contributed by atoms with Gasteiger partial charge < -0.3 is 14.3 Å². The number of hydrogen-bond donors (Lipinski definition) is 1. The van der Waals surface area contributed by atoms with E-state index in [1.54, 1.807) is 17.3 Å². The maximum absolute atomic E-state index is 13.6. The van der Waals surface area contributed by atoms with Crippen LogP contribution in [0.15, 0.2) is 143 Å². The second-order valence-corrected chi connectivity index (χ2v) is 14.7. The van der Waals surface area contributed by atoms with Crippen molar-refractivity contribution in [2.75, 3.05) is 0 Å². The predicted molar refractivity (Wildman–Crippen MR) is 218 cm³/mol. The summed E-state index contributed by atoms with van der Waals surface area (Å²) < 4.78 is 8.45. The highest BCUT2D eigenvalue weighted by Crippen LogP contribution is 2.49. The average molecular weight is 811 g/mol. The average Bonchev–Trinajstić information content (AvgIpc) is 3.90. The number of imidazole rings is 1. The first-order valence-corrected chi connectivity index (χ1v) is 19.3. The summed E-state index contributed by atoms with van der Waals surface area (Å²) in [4.78, 5) is 19.9. The fraction of sp³-hybridized carbons (Fsp3) is 0.159. The largest absolute Gasteiger partial charge is 0.472 e. The number of aromatic nitrogens is 6. The second kappa shape index (κ2) is 15.1. The monoisotopic (exact) mass is 809 g/mol. The van der Waals surface area contributed by atoms with E-state index >= 15 is 0 Å². The van der Waals surface area contributed by atoms with E-state index in [4.69, 9.17) is 31.4 Å². The molecule has 6 aromatic rings. The van der Waals surface area contributed by atoms with Gasteiger partial charge in [0.2, 0.25) is 5.82 Å². The van der Waals surface area contributed by atoms with E-state index < -0.39 is 5.54 Å². The zero-order valence-corrected chi connectivity index (χ0v) is 32.8. The molecule has 4 aromatic carbocycles. The van der Waals surface area contributed by atoms with Crippen molar-refractivity contribution < 1.29 is 9.21 Å². The van der Waals surface area contributed by atoms with Crippen LogP contribution in [0.25, 0.3) is 33.6 Å². The molecule has 1 amide bonds. The molecule has 11 heteroatoms. The number of amides is 1. The fourth-order valence-corrected chi connectivity index (χ4v) is 8.55. The molecule has 0 atom stereocenters. The summed E-state index contributed by atoms with van der Waals surface area (Å²) in [6, 6.07) is 40.7. The summed E-state index contributed by atoms with van der Waals surface area (Å²) in [5.41, 5.74) is 7.71. The lowest BCUT2D eigenvalue weighted by molar-refractivity contribution is 0.0934. The minimum absolute atomic E-state index is 0.0831. The number of fused-ring (bicyclic) bond motifs is 1. The van der Waals surface area contributed by atoms with Crippen LogP contribution in [-0.2, 0) is 18.5 Å².